The molecule has 3 rings (SSSR count). The maximum absolute atomic E-state index is 12.6. The first-order valence-corrected chi connectivity index (χ1v) is 8.52. The molecule has 23 heavy (non-hydrogen) atoms. The van der Waals surface area contributed by atoms with E-state index in [0.29, 0.717) is 12.1 Å². The number of hydrogen-bond donors (Lipinski definition) is 1. The minimum Gasteiger partial charge on any atom is -0.352 e. The van der Waals surface area contributed by atoms with Crippen molar-refractivity contribution in [3.63, 3.8) is 0 Å². The van der Waals surface area contributed by atoms with E-state index in [4.69, 9.17) is 0 Å². The molecule has 1 fully saturated rings. The van der Waals surface area contributed by atoms with E-state index in [9.17, 15) is 9.59 Å². The fraction of sp³-hybridized carbons (Fsp3) is 0.474. The van der Waals surface area contributed by atoms with Crippen LogP contribution in [-0.4, -0.2) is 35.8 Å². The predicted octanol–water partition coefficient (Wildman–Crippen LogP) is 2.30. The summed E-state index contributed by atoms with van der Waals surface area (Å²) in [4.78, 5) is 26.9. The molecule has 0 aromatic heterocycles. The zero-order valence-electron chi connectivity index (χ0n) is 13.6. The van der Waals surface area contributed by atoms with Gasteiger partial charge in [-0.05, 0) is 37.2 Å². The Kier molecular flexibility index (Phi) is 4.79. The second-order valence-corrected chi connectivity index (χ2v) is 6.49. The molecule has 0 spiro atoms. The normalized spacial score (nSPS) is 24.0. The summed E-state index contributed by atoms with van der Waals surface area (Å²) >= 11 is 0. The SMILES string of the molecule is CC1C=C(C(=O)NCCc2ccccc2)C(=O)N2CCCCC12. The first-order valence-electron chi connectivity index (χ1n) is 8.52. The van der Waals surface area contributed by atoms with E-state index in [1.165, 1.54) is 12.0 Å². The number of piperidine rings is 1. The average molecular weight is 312 g/mol. The lowest BCUT2D eigenvalue weighted by Gasteiger charge is -2.41. The summed E-state index contributed by atoms with van der Waals surface area (Å²) in [6.45, 7) is 3.43. The summed E-state index contributed by atoms with van der Waals surface area (Å²) in [6.07, 6.45) is 5.90. The number of rotatable bonds is 4. The highest BCUT2D eigenvalue weighted by molar-refractivity contribution is 6.19. The molecule has 0 saturated carbocycles. The third-order valence-corrected chi connectivity index (χ3v) is 4.86. The Morgan fingerprint density at radius 2 is 2.04 bits per heavy atom. The van der Waals surface area contributed by atoms with Gasteiger partial charge >= 0.3 is 0 Å². The van der Waals surface area contributed by atoms with Crippen LogP contribution in [0.15, 0.2) is 42.0 Å². The van der Waals surface area contributed by atoms with Crippen molar-refractivity contribution in [3.05, 3.63) is 47.5 Å². The van der Waals surface area contributed by atoms with Crippen LogP contribution in [-0.2, 0) is 16.0 Å². The van der Waals surface area contributed by atoms with E-state index in [0.717, 1.165) is 25.8 Å². The van der Waals surface area contributed by atoms with Crippen molar-refractivity contribution in [2.75, 3.05) is 13.1 Å². The minimum atomic E-state index is -0.234. The maximum Gasteiger partial charge on any atom is 0.259 e. The monoisotopic (exact) mass is 312 g/mol. The van der Waals surface area contributed by atoms with Gasteiger partial charge in [-0.2, -0.15) is 0 Å². The number of carbonyl (C=O) groups excluding carboxylic acids is 2. The number of amides is 2. The first-order chi connectivity index (χ1) is 11.2. The lowest BCUT2D eigenvalue weighted by molar-refractivity contribution is -0.135. The number of benzene rings is 1. The van der Waals surface area contributed by atoms with Gasteiger partial charge in [0.1, 0.15) is 5.57 Å². The van der Waals surface area contributed by atoms with Crippen LogP contribution in [0.3, 0.4) is 0 Å². The van der Waals surface area contributed by atoms with Gasteiger partial charge in [-0.25, -0.2) is 0 Å². The second-order valence-electron chi connectivity index (χ2n) is 6.49. The van der Waals surface area contributed by atoms with Crippen LogP contribution in [0.4, 0.5) is 0 Å². The Hall–Kier alpha value is -2.10. The van der Waals surface area contributed by atoms with Crippen molar-refractivity contribution in [1.29, 1.82) is 0 Å². The highest BCUT2D eigenvalue weighted by Gasteiger charge is 2.37. The highest BCUT2D eigenvalue weighted by atomic mass is 16.2. The lowest BCUT2D eigenvalue weighted by atomic mass is 9.85. The standard InChI is InChI=1S/C19H24N2O2/c1-14-13-16(19(23)21-12-6-5-9-17(14)21)18(22)20-11-10-15-7-3-2-4-8-15/h2-4,7-8,13-14,17H,5-6,9-12H2,1H3,(H,20,22). The van der Waals surface area contributed by atoms with Crippen molar-refractivity contribution in [2.45, 2.75) is 38.6 Å². The van der Waals surface area contributed by atoms with Crippen LogP contribution in [0.25, 0.3) is 0 Å². The van der Waals surface area contributed by atoms with E-state index in [1.807, 2.05) is 41.3 Å². The summed E-state index contributed by atoms with van der Waals surface area (Å²) in [6, 6.07) is 10.3. The zero-order valence-corrected chi connectivity index (χ0v) is 13.6. The zero-order chi connectivity index (χ0) is 16.2. The van der Waals surface area contributed by atoms with Gasteiger partial charge in [0.25, 0.3) is 11.8 Å². The smallest absolute Gasteiger partial charge is 0.259 e. The van der Waals surface area contributed by atoms with Crippen molar-refractivity contribution in [2.24, 2.45) is 5.92 Å². The third-order valence-electron chi connectivity index (χ3n) is 4.86. The summed E-state index contributed by atoms with van der Waals surface area (Å²) < 4.78 is 0. The molecule has 4 heteroatoms. The maximum atomic E-state index is 12.6. The number of fused-ring (bicyclic) bond motifs is 1. The van der Waals surface area contributed by atoms with Crippen LogP contribution in [0.5, 0.6) is 0 Å². The van der Waals surface area contributed by atoms with Crippen molar-refractivity contribution >= 4 is 11.8 Å². The third kappa shape index (κ3) is 3.46. The highest BCUT2D eigenvalue weighted by Crippen LogP contribution is 2.30. The fourth-order valence-corrected chi connectivity index (χ4v) is 3.59. The summed E-state index contributed by atoms with van der Waals surface area (Å²) in [5.41, 5.74) is 1.50. The topological polar surface area (TPSA) is 49.4 Å². The molecule has 122 valence electrons. The van der Waals surface area contributed by atoms with Crippen molar-refractivity contribution < 1.29 is 9.59 Å². The molecule has 1 saturated heterocycles. The van der Waals surface area contributed by atoms with Gasteiger partial charge in [0.2, 0.25) is 0 Å². The molecule has 2 atom stereocenters. The van der Waals surface area contributed by atoms with Gasteiger partial charge in [-0.3, -0.25) is 9.59 Å². The molecule has 2 unspecified atom stereocenters. The van der Waals surface area contributed by atoms with Gasteiger partial charge in [-0.15, -0.1) is 0 Å². The van der Waals surface area contributed by atoms with Crippen molar-refractivity contribution in [1.82, 2.24) is 10.2 Å². The van der Waals surface area contributed by atoms with Crippen molar-refractivity contribution in [3.8, 4) is 0 Å². The lowest BCUT2D eigenvalue weighted by Crippen LogP contribution is -2.52. The molecule has 2 aliphatic rings. The minimum absolute atomic E-state index is 0.0926. The molecule has 1 aromatic carbocycles. The molecule has 0 radical (unpaired) electrons. The van der Waals surface area contributed by atoms with Crippen LogP contribution >= 0.6 is 0 Å². The summed E-state index contributed by atoms with van der Waals surface area (Å²) in [5.74, 6) is -0.0744. The summed E-state index contributed by atoms with van der Waals surface area (Å²) in [5, 5.41) is 2.89. The molecule has 0 aliphatic carbocycles. The van der Waals surface area contributed by atoms with Gasteiger partial charge in [0, 0.05) is 19.1 Å². The molecule has 1 N–H and O–H groups in total. The molecule has 2 heterocycles. The van der Waals surface area contributed by atoms with Gasteiger partial charge < -0.3 is 10.2 Å². The van der Waals surface area contributed by atoms with E-state index in [1.54, 1.807) is 0 Å². The second kappa shape index (κ2) is 6.99. The van der Waals surface area contributed by atoms with Crippen LogP contribution in [0.2, 0.25) is 0 Å². The number of nitrogens with zero attached hydrogens (tertiary/aromatic N) is 1. The fourth-order valence-electron chi connectivity index (χ4n) is 3.59. The Labute approximate surface area is 137 Å². The number of nitrogens with one attached hydrogen (secondary N) is 1. The number of hydrogen-bond acceptors (Lipinski definition) is 2. The largest absolute Gasteiger partial charge is 0.352 e. The molecule has 2 aliphatic heterocycles. The Morgan fingerprint density at radius 1 is 1.26 bits per heavy atom. The molecular weight excluding hydrogens is 288 g/mol. The average Bonchev–Trinajstić information content (AvgIpc) is 2.59. The van der Waals surface area contributed by atoms with Gasteiger partial charge in [0.15, 0.2) is 0 Å². The van der Waals surface area contributed by atoms with E-state index >= 15 is 0 Å². The first kappa shape index (κ1) is 15.8. The molecular formula is C19H24N2O2. The molecule has 4 nitrogen and oxygen atoms in total. The Morgan fingerprint density at radius 3 is 2.83 bits per heavy atom. The van der Waals surface area contributed by atoms with Crippen LogP contribution < -0.4 is 5.32 Å². The quantitative estimate of drug-likeness (QED) is 0.867. The number of carbonyl (C=O) groups is 2. The van der Waals surface area contributed by atoms with Gasteiger partial charge in [0.05, 0.1) is 0 Å². The van der Waals surface area contributed by atoms with E-state index in [2.05, 4.69) is 12.2 Å². The van der Waals surface area contributed by atoms with Crippen LogP contribution in [0, 0.1) is 5.92 Å². The molecule has 1 aromatic rings. The molecule has 2 amide bonds. The summed E-state index contributed by atoms with van der Waals surface area (Å²) in [7, 11) is 0. The van der Waals surface area contributed by atoms with Gasteiger partial charge in [-0.1, -0.05) is 43.3 Å². The Balaban J connectivity index is 1.61. The predicted molar refractivity (Wildman–Crippen MR) is 89.8 cm³/mol. The van der Waals surface area contributed by atoms with Crippen LogP contribution in [0.1, 0.15) is 31.7 Å². The van der Waals surface area contributed by atoms with E-state index < -0.39 is 0 Å². The molecule has 0 bridgehead atoms. The Bertz CT molecular complexity index is 609. The van der Waals surface area contributed by atoms with E-state index in [-0.39, 0.29) is 23.8 Å².